The fraction of sp³-hybridized carbons (Fsp3) is 0.409. The molecule has 2 nitrogen and oxygen atoms in total. The molecule has 25 heavy (non-hydrogen) atoms. The van der Waals surface area contributed by atoms with Crippen molar-refractivity contribution < 1.29 is 9.22 Å². The van der Waals surface area contributed by atoms with Crippen LogP contribution in [0.5, 0.6) is 0 Å². The maximum atomic E-state index is 11.2. The lowest BCUT2D eigenvalue weighted by molar-refractivity contribution is -0.116. The predicted molar refractivity (Wildman–Crippen MR) is 106 cm³/mol. The van der Waals surface area contributed by atoms with Crippen molar-refractivity contribution in [1.82, 2.24) is 0 Å². The fourth-order valence-corrected chi connectivity index (χ4v) is 8.59. The standard InChI is InChI=1S/C22H28O2Si/c1-22(2,3)25(20-10-6-4-7-11-20,21-12-8-5-9-13-21)24-17-19-15-14-18(19)16-23/h4-13,16,18-19H,14-15,17H2,1-3H3/t18-,19+/m1/s1. The van der Waals surface area contributed by atoms with Crippen molar-refractivity contribution in [1.29, 1.82) is 0 Å². The zero-order valence-electron chi connectivity index (χ0n) is 15.4. The zero-order valence-corrected chi connectivity index (χ0v) is 16.4. The van der Waals surface area contributed by atoms with E-state index in [0.717, 1.165) is 19.1 Å². The highest BCUT2D eigenvalue weighted by atomic mass is 28.4. The summed E-state index contributed by atoms with van der Waals surface area (Å²) in [4.78, 5) is 11.2. The maximum absolute atomic E-state index is 11.2. The molecule has 1 aliphatic carbocycles. The molecule has 0 bridgehead atoms. The van der Waals surface area contributed by atoms with E-state index in [1.54, 1.807) is 0 Å². The highest BCUT2D eigenvalue weighted by Crippen LogP contribution is 2.39. The van der Waals surface area contributed by atoms with Crippen LogP contribution in [0.15, 0.2) is 60.7 Å². The Balaban J connectivity index is 2.04. The Labute approximate surface area is 152 Å². The molecule has 0 aromatic heterocycles. The number of carbonyl (C=O) groups is 1. The minimum atomic E-state index is -2.45. The minimum Gasteiger partial charge on any atom is -0.407 e. The van der Waals surface area contributed by atoms with Crippen LogP contribution in [0.25, 0.3) is 0 Å². The van der Waals surface area contributed by atoms with Crippen LogP contribution in [0.3, 0.4) is 0 Å². The van der Waals surface area contributed by atoms with E-state index in [0.29, 0.717) is 12.5 Å². The van der Waals surface area contributed by atoms with Gasteiger partial charge in [-0.15, -0.1) is 0 Å². The van der Waals surface area contributed by atoms with Gasteiger partial charge in [-0.05, 0) is 34.2 Å². The van der Waals surface area contributed by atoms with E-state index in [9.17, 15) is 4.79 Å². The lowest BCUT2D eigenvalue weighted by Gasteiger charge is -2.45. The number of carbonyl (C=O) groups excluding carboxylic acids is 1. The molecule has 1 aliphatic rings. The van der Waals surface area contributed by atoms with Crippen molar-refractivity contribution in [3.63, 3.8) is 0 Å². The quantitative estimate of drug-likeness (QED) is 0.584. The largest absolute Gasteiger partial charge is 0.407 e. The van der Waals surface area contributed by atoms with Crippen molar-refractivity contribution in [2.45, 2.75) is 38.7 Å². The summed E-state index contributed by atoms with van der Waals surface area (Å²) in [6.45, 7) is 7.54. The number of hydrogen-bond acceptors (Lipinski definition) is 2. The molecule has 2 aromatic carbocycles. The molecule has 0 radical (unpaired) electrons. The summed E-state index contributed by atoms with van der Waals surface area (Å²) in [5.74, 6) is 0.553. The topological polar surface area (TPSA) is 26.3 Å². The smallest absolute Gasteiger partial charge is 0.261 e. The lowest BCUT2D eigenvalue weighted by Crippen LogP contribution is -2.67. The summed E-state index contributed by atoms with van der Waals surface area (Å²) in [6.07, 6.45) is 3.22. The molecule has 3 rings (SSSR count). The average molecular weight is 353 g/mol. The van der Waals surface area contributed by atoms with Crippen molar-refractivity contribution in [2.24, 2.45) is 11.8 Å². The Hall–Kier alpha value is -1.71. The summed E-state index contributed by atoms with van der Waals surface area (Å²) in [7, 11) is -2.45. The van der Waals surface area contributed by atoms with Crippen LogP contribution in [-0.4, -0.2) is 21.2 Å². The van der Waals surface area contributed by atoms with Gasteiger partial charge in [0.25, 0.3) is 8.32 Å². The van der Waals surface area contributed by atoms with E-state index in [1.165, 1.54) is 10.4 Å². The van der Waals surface area contributed by atoms with Crippen LogP contribution in [0.1, 0.15) is 33.6 Å². The maximum Gasteiger partial charge on any atom is 0.261 e. The molecule has 3 heteroatoms. The summed E-state index contributed by atoms with van der Waals surface area (Å²) in [5, 5.41) is 2.60. The van der Waals surface area contributed by atoms with Gasteiger partial charge >= 0.3 is 0 Å². The predicted octanol–water partition coefficient (Wildman–Crippen LogP) is 3.79. The van der Waals surface area contributed by atoms with Crippen LogP contribution in [-0.2, 0) is 9.22 Å². The van der Waals surface area contributed by atoms with Gasteiger partial charge in [0, 0.05) is 12.5 Å². The molecule has 2 aromatic rings. The Bertz CT molecular complexity index is 651. The first-order valence-corrected chi connectivity index (χ1v) is 11.1. The Morgan fingerprint density at radius 1 is 0.960 bits per heavy atom. The van der Waals surface area contributed by atoms with Gasteiger partial charge in [0.2, 0.25) is 0 Å². The summed E-state index contributed by atoms with van der Waals surface area (Å²) < 4.78 is 6.88. The molecule has 0 N–H and O–H groups in total. The molecule has 1 saturated carbocycles. The van der Waals surface area contributed by atoms with E-state index in [4.69, 9.17) is 4.43 Å². The zero-order chi connectivity index (χ0) is 17.9. The normalized spacial score (nSPS) is 20.8. The molecule has 0 aliphatic heterocycles. The average Bonchev–Trinajstić information content (AvgIpc) is 2.58. The third-order valence-electron chi connectivity index (χ3n) is 5.58. The Morgan fingerprint density at radius 3 is 1.84 bits per heavy atom. The molecular weight excluding hydrogens is 324 g/mol. The van der Waals surface area contributed by atoms with Gasteiger partial charge in [-0.25, -0.2) is 0 Å². The second-order valence-corrected chi connectivity index (χ2v) is 12.4. The van der Waals surface area contributed by atoms with Crippen LogP contribution in [0.4, 0.5) is 0 Å². The summed E-state index contributed by atoms with van der Waals surface area (Å²) in [5.41, 5.74) is 0. The number of benzene rings is 2. The molecule has 0 saturated heterocycles. The van der Waals surface area contributed by atoms with E-state index in [1.807, 2.05) is 0 Å². The molecule has 1 fully saturated rings. The third-order valence-corrected chi connectivity index (χ3v) is 10.6. The van der Waals surface area contributed by atoms with Gasteiger partial charge in [0.15, 0.2) is 0 Å². The minimum absolute atomic E-state index is 0.00384. The monoisotopic (exact) mass is 352 g/mol. The summed E-state index contributed by atoms with van der Waals surface area (Å²) >= 11 is 0. The number of aldehydes is 1. The molecule has 0 amide bonds. The van der Waals surface area contributed by atoms with Gasteiger partial charge in [0.1, 0.15) is 6.29 Å². The highest BCUT2D eigenvalue weighted by molar-refractivity contribution is 6.99. The van der Waals surface area contributed by atoms with Gasteiger partial charge in [-0.1, -0.05) is 81.4 Å². The van der Waals surface area contributed by atoms with Crippen LogP contribution in [0, 0.1) is 11.8 Å². The van der Waals surface area contributed by atoms with E-state index in [-0.39, 0.29) is 11.0 Å². The Kier molecular flexibility index (Phi) is 5.26. The highest BCUT2D eigenvalue weighted by Gasteiger charge is 2.50. The van der Waals surface area contributed by atoms with Crippen molar-refractivity contribution in [3.8, 4) is 0 Å². The molecule has 132 valence electrons. The SMILES string of the molecule is CC(C)(C)[Si](OC[C@@H]1CC[C@@H]1C=O)(c1ccccc1)c1ccccc1. The molecule has 0 unspecified atom stereocenters. The fourth-order valence-electron chi connectivity index (χ4n) is 3.97. The van der Waals surface area contributed by atoms with E-state index >= 15 is 0 Å². The van der Waals surface area contributed by atoms with Gasteiger partial charge in [0.05, 0.1) is 0 Å². The second-order valence-electron chi connectivity index (χ2n) is 8.11. The van der Waals surface area contributed by atoms with E-state index < -0.39 is 8.32 Å². The van der Waals surface area contributed by atoms with Crippen molar-refractivity contribution in [2.75, 3.05) is 6.61 Å². The first kappa shape index (κ1) is 18.1. The van der Waals surface area contributed by atoms with Crippen LogP contribution >= 0.6 is 0 Å². The van der Waals surface area contributed by atoms with Gasteiger partial charge < -0.3 is 9.22 Å². The molecule has 2 atom stereocenters. The van der Waals surface area contributed by atoms with Crippen molar-refractivity contribution in [3.05, 3.63) is 60.7 Å². The van der Waals surface area contributed by atoms with Crippen LogP contribution < -0.4 is 10.4 Å². The number of hydrogen-bond donors (Lipinski definition) is 0. The first-order valence-electron chi connectivity index (χ1n) is 9.19. The van der Waals surface area contributed by atoms with Crippen LogP contribution in [0.2, 0.25) is 5.04 Å². The first-order chi connectivity index (χ1) is 12.0. The van der Waals surface area contributed by atoms with Crippen molar-refractivity contribution >= 4 is 25.0 Å². The summed E-state index contributed by atoms with van der Waals surface area (Å²) in [6, 6.07) is 21.4. The van der Waals surface area contributed by atoms with Gasteiger partial charge in [-0.2, -0.15) is 0 Å². The molecular formula is C22H28O2Si. The molecule has 0 spiro atoms. The second kappa shape index (κ2) is 7.26. The Morgan fingerprint density at radius 2 is 1.48 bits per heavy atom. The van der Waals surface area contributed by atoms with Gasteiger partial charge in [-0.3, -0.25) is 0 Å². The molecule has 0 heterocycles. The third kappa shape index (κ3) is 3.36. The number of rotatable bonds is 6. The van der Waals surface area contributed by atoms with E-state index in [2.05, 4.69) is 81.4 Å². The lowest BCUT2D eigenvalue weighted by atomic mass is 9.75.